The van der Waals surface area contributed by atoms with E-state index in [-0.39, 0.29) is 5.41 Å². The van der Waals surface area contributed by atoms with Gasteiger partial charge in [0.2, 0.25) is 0 Å². The van der Waals surface area contributed by atoms with Crippen molar-refractivity contribution in [1.82, 2.24) is 0 Å². The van der Waals surface area contributed by atoms with E-state index in [4.69, 9.17) is 0 Å². The SMILES string of the molecule is CCCCCCCCc1ccc(-c2ccc(-c3ccc4c(c3)C(CCCCCC)(CCCCCC)c3cc(-c5ccc(-c6ccc(CCCCCCCC)cc6)s5)ccc3-4)s2)cc1. The zero-order chi connectivity index (χ0) is 43.7. The molecule has 2 heteroatoms. The van der Waals surface area contributed by atoms with E-state index in [0.29, 0.717) is 0 Å². The monoisotopic (exact) mass is 875 g/mol. The average molecular weight is 875 g/mol. The molecule has 1 aliphatic rings. The van der Waals surface area contributed by atoms with Crippen LogP contribution in [0.1, 0.15) is 191 Å². The van der Waals surface area contributed by atoms with Gasteiger partial charge in [-0.15, -0.1) is 22.7 Å². The van der Waals surface area contributed by atoms with Crippen molar-refractivity contribution in [3.63, 3.8) is 0 Å². The van der Waals surface area contributed by atoms with E-state index in [2.05, 4.69) is 137 Å². The Morgan fingerprint density at radius 3 is 1.02 bits per heavy atom. The molecule has 2 heterocycles. The Morgan fingerprint density at radius 1 is 0.317 bits per heavy atom. The van der Waals surface area contributed by atoms with E-state index in [1.54, 1.807) is 11.1 Å². The van der Waals surface area contributed by atoms with Gasteiger partial charge in [-0.2, -0.15) is 0 Å². The number of fused-ring (bicyclic) bond motifs is 3. The predicted octanol–water partition coefficient (Wildman–Crippen LogP) is 20.5. The molecule has 0 nitrogen and oxygen atoms in total. The number of unbranched alkanes of at least 4 members (excludes halogenated alkanes) is 16. The van der Waals surface area contributed by atoms with Gasteiger partial charge in [-0.3, -0.25) is 0 Å². The Kier molecular flexibility index (Phi) is 18.4. The average Bonchev–Trinajstić information content (AvgIpc) is 4.08. The highest BCUT2D eigenvalue weighted by atomic mass is 32.1. The highest BCUT2D eigenvalue weighted by molar-refractivity contribution is 7.19. The molecule has 0 N–H and O–H groups in total. The Labute approximate surface area is 392 Å². The first-order valence-electron chi connectivity index (χ1n) is 25.7. The molecule has 1 aliphatic carbocycles. The molecule has 2 aromatic heterocycles. The van der Waals surface area contributed by atoms with Crippen LogP contribution in [0.25, 0.3) is 52.9 Å². The van der Waals surface area contributed by atoms with Crippen molar-refractivity contribution in [1.29, 1.82) is 0 Å². The summed E-state index contributed by atoms with van der Waals surface area (Å²) in [5, 5.41) is 0. The highest BCUT2D eigenvalue weighted by Crippen LogP contribution is 2.56. The molecule has 334 valence electrons. The lowest BCUT2D eigenvalue weighted by atomic mass is 9.70. The number of rotatable bonds is 28. The maximum atomic E-state index is 2.63. The van der Waals surface area contributed by atoms with Crippen LogP contribution < -0.4 is 0 Å². The Bertz CT molecular complexity index is 2080. The van der Waals surface area contributed by atoms with Gasteiger partial charge >= 0.3 is 0 Å². The topological polar surface area (TPSA) is 0 Å². The number of thiophene rings is 2. The van der Waals surface area contributed by atoms with Crippen LogP contribution in [0.4, 0.5) is 0 Å². The molecular formula is C61H78S2. The van der Waals surface area contributed by atoms with Gasteiger partial charge in [-0.25, -0.2) is 0 Å². The van der Waals surface area contributed by atoms with Crippen molar-refractivity contribution >= 4 is 22.7 Å². The van der Waals surface area contributed by atoms with Crippen molar-refractivity contribution in [3.05, 3.63) is 131 Å². The lowest BCUT2D eigenvalue weighted by molar-refractivity contribution is 0.401. The van der Waals surface area contributed by atoms with Crippen molar-refractivity contribution in [2.75, 3.05) is 0 Å². The van der Waals surface area contributed by atoms with Crippen LogP contribution in [0.5, 0.6) is 0 Å². The van der Waals surface area contributed by atoms with Crippen molar-refractivity contribution in [3.8, 4) is 52.9 Å². The zero-order valence-electron chi connectivity index (χ0n) is 39.7. The van der Waals surface area contributed by atoms with Gasteiger partial charge in [-0.1, -0.05) is 216 Å². The maximum Gasteiger partial charge on any atom is 0.0349 e. The van der Waals surface area contributed by atoms with Crippen LogP contribution in [0.15, 0.2) is 109 Å². The molecule has 4 aromatic carbocycles. The maximum absolute atomic E-state index is 2.63. The van der Waals surface area contributed by atoms with Gasteiger partial charge in [-0.05, 0) is 131 Å². The second-order valence-electron chi connectivity index (χ2n) is 19.0. The van der Waals surface area contributed by atoms with Crippen molar-refractivity contribution in [2.24, 2.45) is 0 Å². The van der Waals surface area contributed by atoms with E-state index in [1.165, 1.54) is 218 Å². The predicted molar refractivity (Wildman–Crippen MR) is 282 cm³/mol. The lowest BCUT2D eigenvalue weighted by Crippen LogP contribution is -2.25. The molecule has 6 aromatic rings. The van der Waals surface area contributed by atoms with Crippen LogP contribution in [0, 0.1) is 0 Å². The smallest absolute Gasteiger partial charge is 0.0349 e. The van der Waals surface area contributed by atoms with Crippen LogP contribution >= 0.6 is 22.7 Å². The normalized spacial score (nSPS) is 12.8. The minimum Gasteiger partial charge on any atom is -0.135 e. The molecule has 0 atom stereocenters. The molecule has 0 amide bonds. The molecule has 0 fully saturated rings. The Balaban J connectivity index is 1.13. The standard InChI is InChI=1S/C61H78S2/c1-5-9-13-17-19-21-25-47-27-31-49(32-28-47)57-39-41-59(62-57)51-35-37-53-54-38-36-52(46-56(54)61(55(53)45-51,43-23-15-11-7-3)44-24-16-12-8-4)60-42-40-58(63-60)50-33-29-48(30-34-50)26-22-20-18-14-10-6-2/h27-42,45-46H,5-26,43-44H2,1-4H3. The molecule has 0 unspecified atom stereocenters. The van der Waals surface area contributed by atoms with Crippen LogP contribution in [0.3, 0.4) is 0 Å². The molecule has 0 bridgehead atoms. The van der Waals surface area contributed by atoms with Crippen LogP contribution in [-0.2, 0) is 18.3 Å². The summed E-state index contributed by atoms with van der Waals surface area (Å²) >= 11 is 3.92. The fraction of sp³-hybridized carbons (Fsp3) is 0.475. The van der Waals surface area contributed by atoms with Crippen molar-refractivity contribution < 1.29 is 0 Å². The van der Waals surface area contributed by atoms with E-state index in [1.807, 2.05) is 22.7 Å². The van der Waals surface area contributed by atoms with Crippen LogP contribution in [-0.4, -0.2) is 0 Å². The third-order valence-electron chi connectivity index (χ3n) is 14.2. The first-order valence-corrected chi connectivity index (χ1v) is 27.4. The minimum atomic E-state index is 0.0377. The van der Waals surface area contributed by atoms with E-state index >= 15 is 0 Å². The largest absolute Gasteiger partial charge is 0.135 e. The number of hydrogen-bond acceptors (Lipinski definition) is 2. The summed E-state index contributed by atoms with van der Waals surface area (Å²) in [6.07, 6.45) is 31.5. The summed E-state index contributed by atoms with van der Waals surface area (Å²) in [7, 11) is 0. The Hall–Kier alpha value is -3.72. The molecule has 0 spiro atoms. The van der Waals surface area contributed by atoms with E-state index in [9.17, 15) is 0 Å². The fourth-order valence-electron chi connectivity index (χ4n) is 10.4. The summed E-state index contributed by atoms with van der Waals surface area (Å²) in [5.74, 6) is 0. The summed E-state index contributed by atoms with van der Waals surface area (Å²) in [5.41, 5.74) is 14.5. The first kappa shape index (κ1) is 47.2. The molecule has 0 saturated heterocycles. The third-order valence-corrected chi connectivity index (χ3v) is 16.5. The van der Waals surface area contributed by atoms with E-state index in [0.717, 1.165) is 0 Å². The summed E-state index contributed by atoms with van der Waals surface area (Å²) < 4.78 is 0. The Morgan fingerprint density at radius 2 is 0.635 bits per heavy atom. The van der Waals surface area contributed by atoms with Gasteiger partial charge in [0.1, 0.15) is 0 Å². The second kappa shape index (κ2) is 24.5. The lowest BCUT2D eigenvalue weighted by Gasteiger charge is -2.33. The molecule has 7 rings (SSSR count). The van der Waals surface area contributed by atoms with Gasteiger partial charge in [0.05, 0.1) is 0 Å². The number of aryl methyl sites for hydroxylation is 2. The molecule has 63 heavy (non-hydrogen) atoms. The number of benzene rings is 4. The van der Waals surface area contributed by atoms with Gasteiger partial charge in [0.15, 0.2) is 0 Å². The van der Waals surface area contributed by atoms with Crippen molar-refractivity contribution in [2.45, 2.75) is 187 Å². The van der Waals surface area contributed by atoms with Crippen LogP contribution in [0.2, 0.25) is 0 Å². The first-order chi connectivity index (χ1) is 31.1. The summed E-state index contributed by atoms with van der Waals surface area (Å²) in [6.45, 7) is 9.29. The molecule has 0 aliphatic heterocycles. The quantitative estimate of drug-likeness (QED) is 0.0431. The fourth-order valence-corrected chi connectivity index (χ4v) is 12.4. The second-order valence-corrected chi connectivity index (χ2v) is 21.1. The molecule has 0 radical (unpaired) electrons. The minimum absolute atomic E-state index is 0.0377. The molecular weight excluding hydrogens is 797 g/mol. The highest BCUT2D eigenvalue weighted by Gasteiger charge is 2.42. The van der Waals surface area contributed by atoms with Gasteiger partial charge in [0.25, 0.3) is 0 Å². The van der Waals surface area contributed by atoms with Gasteiger partial charge in [0, 0.05) is 24.9 Å². The summed E-state index contributed by atoms with van der Waals surface area (Å²) in [6, 6.07) is 43.5. The summed E-state index contributed by atoms with van der Waals surface area (Å²) in [4.78, 5) is 5.50. The zero-order valence-corrected chi connectivity index (χ0v) is 41.3. The van der Waals surface area contributed by atoms with Gasteiger partial charge < -0.3 is 0 Å². The third kappa shape index (κ3) is 12.3. The van der Waals surface area contributed by atoms with E-state index < -0.39 is 0 Å². The molecule has 0 saturated carbocycles. The number of hydrogen-bond donors (Lipinski definition) is 0.